The monoisotopic (exact) mass is 256 g/mol. The fourth-order valence-electron chi connectivity index (χ4n) is 3.10. The van der Waals surface area contributed by atoms with Gasteiger partial charge in [-0.05, 0) is 24.3 Å². The summed E-state index contributed by atoms with van der Waals surface area (Å²) in [5.41, 5.74) is 0.798. The molecule has 19 heavy (non-hydrogen) atoms. The maximum absolute atomic E-state index is 10.2. The molecular formula is C15H12O4. The molecule has 0 bridgehead atoms. The van der Waals surface area contributed by atoms with E-state index in [1.54, 1.807) is 24.3 Å². The molecule has 2 heterocycles. The van der Waals surface area contributed by atoms with E-state index in [9.17, 15) is 10.2 Å². The molecule has 0 atom stereocenters. The third-order valence-corrected chi connectivity index (χ3v) is 3.91. The molecule has 2 aliphatic heterocycles. The third-order valence-electron chi connectivity index (χ3n) is 3.91. The van der Waals surface area contributed by atoms with Gasteiger partial charge >= 0.3 is 0 Å². The summed E-state index contributed by atoms with van der Waals surface area (Å²) in [6, 6.07) is 10.4. The Hall–Kier alpha value is -2.36. The van der Waals surface area contributed by atoms with Crippen molar-refractivity contribution in [3.8, 4) is 23.0 Å². The summed E-state index contributed by atoms with van der Waals surface area (Å²) in [6.07, 6.45) is 0. The molecule has 0 aromatic heterocycles. The van der Waals surface area contributed by atoms with Crippen LogP contribution in [0.3, 0.4) is 0 Å². The van der Waals surface area contributed by atoms with Crippen LogP contribution in [0.15, 0.2) is 36.4 Å². The Kier molecular flexibility index (Phi) is 1.86. The molecule has 1 spiro atoms. The van der Waals surface area contributed by atoms with Crippen LogP contribution in [0.25, 0.3) is 0 Å². The second kappa shape index (κ2) is 3.35. The van der Waals surface area contributed by atoms with Crippen molar-refractivity contribution in [2.45, 2.75) is 5.41 Å². The summed E-state index contributed by atoms with van der Waals surface area (Å²) in [7, 11) is 0. The Bertz CT molecular complexity index is 618. The minimum atomic E-state index is -0.610. The maximum atomic E-state index is 10.2. The van der Waals surface area contributed by atoms with Crippen LogP contribution in [0.1, 0.15) is 11.1 Å². The zero-order valence-electron chi connectivity index (χ0n) is 10.1. The van der Waals surface area contributed by atoms with E-state index in [-0.39, 0.29) is 11.5 Å². The average Bonchev–Trinajstić information content (AvgIpc) is 2.96. The zero-order chi connectivity index (χ0) is 13.0. The highest BCUT2D eigenvalue weighted by molar-refractivity contribution is 5.65. The number of benzene rings is 2. The van der Waals surface area contributed by atoms with Crippen molar-refractivity contribution in [2.24, 2.45) is 0 Å². The van der Waals surface area contributed by atoms with Gasteiger partial charge in [-0.25, -0.2) is 0 Å². The van der Waals surface area contributed by atoms with Gasteiger partial charge in [-0.2, -0.15) is 0 Å². The molecule has 0 amide bonds. The number of fused-ring (bicyclic) bond motifs is 4. The van der Waals surface area contributed by atoms with Gasteiger partial charge in [-0.1, -0.05) is 12.1 Å². The first-order valence-electron chi connectivity index (χ1n) is 6.13. The quantitative estimate of drug-likeness (QED) is 0.758. The van der Waals surface area contributed by atoms with Crippen LogP contribution in [0, 0.1) is 0 Å². The zero-order valence-corrected chi connectivity index (χ0v) is 10.1. The van der Waals surface area contributed by atoms with Crippen molar-refractivity contribution < 1.29 is 19.7 Å². The molecule has 96 valence electrons. The molecule has 2 aromatic rings. The Morgan fingerprint density at radius 1 is 0.789 bits per heavy atom. The van der Waals surface area contributed by atoms with Crippen LogP contribution in [-0.2, 0) is 5.41 Å². The van der Waals surface area contributed by atoms with Crippen molar-refractivity contribution in [3.05, 3.63) is 47.5 Å². The molecule has 0 saturated heterocycles. The van der Waals surface area contributed by atoms with Crippen LogP contribution in [-0.4, -0.2) is 23.4 Å². The van der Waals surface area contributed by atoms with Crippen molar-refractivity contribution in [2.75, 3.05) is 13.2 Å². The summed E-state index contributed by atoms with van der Waals surface area (Å²) in [6.45, 7) is 0.731. The maximum Gasteiger partial charge on any atom is 0.127 e. The predicted molar refractivity (Wildman–Crippen MR) is 68.0 cm³/mol. The predicted octanol–water partition coefficient (Wildman–Crippen LogP) is 2.17. The van der Waals surface area contributed by atoms with Crippen molar-refractivity contribution in [1.82, 2.24) is 0 Å². The standard InChI is InChI=1S/C15H12O4/c16-9-3-1-5-11-13(9)15(7-18-11)8-19-12-6-2-4-10(17)14(12)15/h1-6,16-17H,7-8H2. The molecule has 2 aromatic carbocycles. The van der Waals surface area contributed by atoms with Gasteiger partial charge in [0.1, 0.15) is 41.6 Å². The van der Waals surface area contributed by atoms with E-state index >= 15 is 0 Å². The molecule has 4 nitrogen and oxygen atoms in total. The highest BCUT2D eigenvalue weighted by Crippen LogP contribution is 2.55. The smallest absolute Gasteiger partial charge is 0.127 e. The number of phenolic OH excluding ortho intramolecular Hbond substituents is 2. The molecule has 2 N–H and O–H groups in total. The molecular weight excluding hydrogens is 244 g/mol. The lowest BCUT2D eigenvalue weighted by Crippen LogP contribution is -2.31. The van der Waals surface area contributed by atoms with Crippen LogP contribution in [0.5, 0.6) is 23.0 Å². The lowest BCUT2D eigenvalue weighted by atomic mass is 9.77. The molecule has 2 aliphatic rings. The molecule has 0 saturated carbocycles. The first-order chi connectivity index (χ1) is 9.22. The van der Waals surface area contributed by atoms with Crippen LogP contribution in [0.2, 0.25) is 0 Å². The fraction of sp³-hybridized carbons (Fsp3) is 0.200. The highest BCUT2D eigenvalue weighted by Gasteiger charge is 2.51. The van der Waals surface area contributed by atoms with E-state index in [4.69, 9.17) is 9.47 Å². The Morgan fingerprint density at radius 2 is 1.26 bits per heavy atom. The lowest BCUT2D eigenvalue weighted by Gasteiger charge is -2.21. The molecule has 4 heteroatoms. The Balaban J connectivity index is 2.03. The molecule has 0 aliphatic carbocycles. The third kappa shape index (κ3) is 1.18. The van der Waals surface area contributed by atoms with Crippen molar-refractivity contribution in [1.29, 1.82) is 0 Å². The Morgan fingerprint density at radius 3 is 1.74 bits per heavy atom. The highest BCUT2D eigenvalue weighted by atomic mass is 16.5. The topological polar surface area (TPSA) is 58.9 Å². The van der Waals surface area contributed by atoms with Gasteiger partial charge in [0.15, 0.2) is 0 Å². The summed E-state index contributed by atoms with van der Waals surface area (Å²) in [5.74, 6) is 1.66. The number of hydrogen-bond donors (Lipinski definition) is 2. The summed E-state index contributed by atoms with van der Waals surface area (Å²) in [4.78, 5) is 0. The van der Waals surface area contributed by atoms with E-state index in [1.807, 2.05) is 12.1 Å². The summed E-state index contributed by atoms with van der Waals surface area (Å²) >= 11 is 0. The number of hydrogen-bond acceptors (Lipinski definition) is 4. The average molecular weight is 256 g/mol. The molecule has 0 unspecified atom stereocenters. The largest absolute Gasteiger partial charge is 0.507 e. The number of phenols is 2. The van der Waals surface area contributed by atoms with Crippen LogP contribution >= 0.6 is 0 Å². The molecule has 0 radical (unpaired) electrons. The van der Waals surface area contributed by atoms with Crippen molar-refractivity contribution >= 4 is 0 Å². The minimum absolute atomic E-state index is 0.176. The van der Waals surface area contributed by atoms with E-state index in [1.165, 1.54) is 0 Å². The second-order valence-corrected chi connectivity index (χ2v) is 4.96. The van der Waals surface area contributed by atoms with Gasteiger partial charge in [-0.15, -0.1) is 0 Å². The first-order valence-corrected chi connectivity index (χ1v) is 6.13. The van der Waals surface area contributed by atoms with Gasteiger partial charge in [-0.3, -0.25) is 0 Å². The number of rotatable bonds is 0. The van der Waals surface area contributed by atoms with Crippen LogP contribution < -0.4 is 9.47 Å². The molecule has 4 rings (SSSR count). The normalized spacial score (nSPS) is 17.7. The van der Waals surface area contributed by atoms with Gasteiger partial charge in [0.05, 0.1) is 11.1 Å². The second-order valence-electron chi connectivity index (χ2n) is 4.96. The minimum Gasteiger partial charge on any atom is -0.507 e. The van der Waals surface area contributed by atoms with E-state index in [0.717, 1.165) is 0 Å². The van der Waals surface area contributed by atoms with Gasteiger partial charge in [0.2, 0.25) is 0 Å². The van der Waals surface area contributed by atoms with E-state index < -0.39 is 5.41 Å². The Labute approximate surface area is 109 Å². The SMILES string of the molecule is Oc1cccc2c1C1(CO2)COc2cccc(O)c21. The fourth-order valence-corrected chi connectivity index (χ4v) is 3.10. The van der Waals surface area contributed by atoms with Gasteiger partial charge in [0.25, 0.3) is 0 Å². The van der Waals surface area contributed by atoms with Crippen LogP contribution in [0.4, 0.5) is 0 Å². The number of aromatic hydroxyl groups is 2. The number of ether oxygens (including phenoxy) is 2. The lowest BCUT2D eigenvalue weighted by molar-refractivity contribution is 0.235. The molecule has 0 fully saturated rings. The van der Waals surface area contributed by atoms with E-state index in [0.29, 0.717) is 35.8 Å². The van der Waals surface area contributed by atoms with Crippen molar-refractivity contribution in [3.63, 3.8) is 0 Å². The van der Waals surface area contributed by atoms with E-state index in [2.05, 4.69) is 0 Å². The summed E-state index contributed by atoms with van der Waals surface area (Å²) < 4.78 is 11.4. The van der Waals surface area contributed by atoms with Gasteiger partial charge < -0.3 is 19.7 Å². The first kappa shape index (κ1) is 10.6. The summed E-state index contributed by atoms with van der Waals surface area (Å²) in [5, 5.41) is 20.3. The van der Waals surface area contributed by atoms with Gasteiger partial charge in [0, 0.05) is 0 Å².